The molecule has 0 aromatic heterocycles. The number of hydrogen-bond donors (Lipinski definition) is 1. The molecule has 0 aromatic carbocycles. The third kappa shape index (κ3) is 3.16. The Morgan fingerprint density at radius 1 is 1.12 bits per heavy atom. The summed E-state index contributed by atoms with van der Waals surface area (Å²) in [6.07, 6.45) is 1.52. The summed E-state index contributed by atoms with van der Waals surface area (Å²) in [4.78, 5) is 0. The van der Waals surface area contributed by atoms with Gasteiger partial charge in [0.2, 0.25) is 10.0 Å². The van der Waals surface area contributed by atoms with Crippen LogP contribution in [0.2, 0.25) is 0 Å². The van der Waals surface area contributed by atoms with Gasteiger partial charge in [0.25, 0.3) is 0 Å². The zero-order valence-corrected chi connectivity index (χ0v) is 12.2. The molecule has 0 spiro atoms. The Morgan fingerprint density at radius 3 is 2.18 bits per heavy atom. The van der Waals surface area contributed by atoms with Gasteiger partial charge >= 0.3 is 0 Å². The van der Waals surface area contributed by atoms with E-state index in [-0.39, 0.29) is 5.25 Å². The molecular weight excluding hydrogens is 256 g/mol. The fourth-order valence-electron chi connectivity index (χ4n) is 2.64. The number of sulfonamides is 1. The van der Waals surface area contributed by atoms with E-state index in [1.807, 2.05) is 11.8 Å². The smallest absolute Gasteiger partial charge is 0.217 e. The molecule has 2 aliphatic heterocycles. The van der Waals surface area contributed by atoms with E-state index < -0.39 is 10.0 Å². The summed E-state index contributed by atoms with van der Waals surface area (Å²) in [5.41, 5.74) is 0. The monoisotopic (exact) mass is 278 g/mol. The first-order valence-corrected chi connectivity index (χ1v) is 8.80. The zero-order valence-electron chi connectivity index (χ0n) is 10.6. The molecule has 2 atom stereocenters. The van der Waals surface area contributed by atoms with E-state index >= 15 is 0 Å². The molecule has 2 rings (SSSR count). The molecule has 1 N–H and O–H groups in total. The molecule has 2 heterocycles. The summed E-state index contributed by atoms with van der Waals surface area (Å²) in [7, 11) is -3.07. The van der Waals surface area contributed by atoms with E-state index in [1.165, 1.54) is 0 Å². The minimum absolute atomic E-state index is 0.161. The average Bonchev–Trinajstić information content (AvgIpc) is 2.29. The van der Waals surface area contributed by atoms with E-state index in [0.29, 0.717) is 23.6 Å². The van der Waals surface area contributed by atoms with Crippen LogP contribution in [-0.2, 0) is 10.0 Å². The maximum absolute atomic E-state index is 12.5. The topological polar surface area (TPSA) is 49.4 Å². The van der Waals surface area contributed by atoms with Gasteiger partial charge in [-0.05, 0) is 25.9 Å². The van der Waals surface area contributed by atoms with Gasteiger partial charge in [0.15, 0.2) is 0 Å². The van der Waals surface area contributed by atoms with Crippen molar-refractivity contribution in [3.8, 4) is 0 Å². The van der Waals surface area contributed by atoms with Gasteiger partial charge in [0.1, 0.15) is 0 Å². The van der Waals surface area contributed by atoms with Crippen LogP contribution in [0.4, 0.5) is 0 Å². The van der Waals surface area contributed by atoms with Gasteiger partial charge in [0, 0.05) is 23.6 Å². The van der Waals surface area contributed by atoms with Gasteiger partial charge in [-0.15, -0.1) is 0 Å². The van der Waals surface area contributed by atoms with E-state index in [1.54, 1.807) is 4.31 Å². The van der Waals surface area contributed by atoms with Crippen molar-refractivity contribution in [1.29, 1.82) is 0 Å². The molecule has 0 saturated carbocycles. The molecule has 2 unspecified atom stereocenters. The van der Waals surface area contributed by atoms with Gasteiger partial charge in [-0.2, -0.15) is 16.1 Å². The van der Waals surface area contributed by atoms with Crippen molar-refractivity contribution in [2.75, 3.05) is 26.2 Å². The maximum Gasteiger partial charge on any atom is 0.217 e. The number of rotatable bonds is 2. The predicted octanol–water partition coefficient (Wildman–Crippen LogP) is 0.894. The van der Waals surface area contributed by atoms with Crippen molar-refractivity contribution >= 4 is 21.8 Å². The summed E-state index contributed by atoms with van der Waals surface area (Å²) in [5, 5.41) is 3.88. The third-order valence-corrected chi connectivity index (χ3v) is 7.01. The second-order valence-corrected chi connectivity index (χ2v) is 9.16. The molecule has 17 heavy (non-hydrogen) atoms. The molecule has 4 nitrogen and oxygen atoms in total. The molecule has 2 fully saturated rings. The standard InChI is InChI=1S/C11H22N2O2S2/c1-9-7-13(8-10(2)16-9)17(14,15)11-3-5-12-6-4-11/h9-12H,3-8H2,1-2H3. The molecule has 100 valence electrons. The van der Waals surface area contributed by atoms with Crippen LogP contribution in [0, 0.1) is 0 Å². The second-order valence-electron chi connectivity index (χ2n) is 5.07. The highest BCUT2D eigenvalue weighted by molar-refractivity contribution is 8.00. The lowest BCUT2D eigenvalue weighted by Crippen LogP contribution is -2.49. The van der Waals surface area contributed by atoms with Crippen LogP contribution < -0.4 is 5.32 Å². The van der Waals surface area contributed by atoms with Crippen molar-refractivity contribution in [1.82, 2.24) is 9.62 Å². The highest BCUT2D eigenvalue weighted by Gasteiger charge is 2.36. The Balaban J connectivity index is 2.08. The molecule has 0 aliphatic carbocycles. The van der Waals surface area contributed by atoms with Crippen molar-refractivity contribution in [2.24, 2.45) is 0 Å². The number of hydrogen-bond acceptors (Lipinski definition) is 4. The van der Waals surface area contributed by atoms with Crippen molar-refractivity contribution in [2.45, 2.75) is 42.4 Å². The molecule has 2 saturated heterocycles. The highest BCUT2D eigenvalue weighted by atomic mass is 32.2. The molecule has 0 bridgehead atoms. The molecule has 2 aliphatic rings. The van der Waals surface area contributed by atoms with Crippen molar-refractivity contribution in [3.05, 3.63) is 0 Å². The maximum atomic E-state index is 12.5. The van der Waals surface area contributed by atoms with Crippen LogP contribution >= 0.6 is 11.8 Å². The Kier molecular flexibility index (Phi) is 4.39. The van der Waals surface area contributed by atoms with Crippen LogP contribution in [0.5, 0.6) is 0 Å². The molecule has 0 aromatic rings. The SMILES string of the molecule is CC1CN(S(=O)(=O)C2CCNCC2)CC(C)S1. The minimum Gasteiger partial charge on any atom is -0.317 e. The summed E-state index contributed by atoms with van der Waals surface area (Å²) in [6.45, 7) is 7.26. The van der Waals surface area contributed by atoms with Crippen molar-refractivity contribution < 1.29 is 8.42 Å². The van der Waals surface area contributed by atoms with Crippen LogP contribution in [0.15, 0.2) is 0 Å². The van der Waals surface area contributed by atoms with Crippen molar-refractivity contribution in [3.63, 3.8) is 0 Å². The summed E-state index contributed by atoms with van der Waals surface area (Å²) >= 11 is 1.89. The number of piperidine rings is 1. The average molecular weight is 278 g/mol. The number of thioether (sulfide) groups is 1. The number of nitrogens with one attached hydrogen (secondary N) is 1. The van der Waals surface area contributed by atoms with Gasteiger partial charge in [-0.25, -0.2) is 8.42 Å². The summed E-state index contributed by atoms with van der Waals surface area (Å²) < 4.78 is 26.8. The van der Waals surface area contributed by atoms with E-state index in [9.17, 15) is 8.42 Å². The third-order valence-electron chi connectivity index (χ3n) is 3.45. The molecule has 6 heteroatoms. The van der Waals surface area contributed by atoms with Crippen LogP contribution in [0.3, 0.4) is 0 Å². The minimum atomic E-state index is -3.07. The normalized spacial score (nSPS) is 33.8. The Hall–Kier alpha value is 0.220. The van der Waals surface area contributed by atoms with E-state index in [4.69, 9.17) is 0 Å². The fourth-order valence-corrected chi connectivity index (χ4v) is 6.27. The molecular formula is C11H22N2O2S2. The predicted molar refractivity (Wildman–Crippen MR) is 72.9 cm³/mol. The Labute approximate surface area is 109 Å². The lowest BCUT2D eigenvalue weighted by molar-refractivity contribution is 0.385. The molecule has 0 amide bonds. The van der Waals surface area contributed by atoms with Gasteiger partial charge < -0.3 is 5.32 Å². The Morgan fingerprint density at radius 2 is 1.65 bits per heavy atom. The van der Waals surface area contributed by atoms with E-state index in [0.717, 1.165) is 25.9 Å². The van der Waals surface area contributed by atoms with Crippen LogP contribution in [0.25, 0.3) is 0 Å². The van der Waals surface area contributed by atoms with Crippen LogP contribution in [0.1, 0.15) is 26.7 Å². The van der Waals surface area contributed by atoms with E-state index in [2.05, 4.69) is 19.2 Å². The second kappa shape index (κ2) is 5.47. The summed E-state index contributed by atoms with van der Waals surface area (Å²) in [6, 6.07) is 0. The lowest BCUT2D eigenvalue weighted by Gasteiger charge is -2.36. The molecule has 0 radical (unpaired) electrons. The van der Waals surface area contributed by atoms with Crippen LogP contribution in [-0.4, -0.2) is 54.7 Å². The lowest BCUT2D eigenvalue weighted by atomic mass is 10.2. The Bertz CT molecular complexity index is 342. The van der Waals surface area contributed by atoms with Gasteiger partial charge in [0.05, 0.1) is 5.25 Å². The first-order chi connectivity index (χ1) is 8.00. The number of nitrogens with zero attached hydrogens (tertiary/aromatic N) is 1. The fraction of sp³-hybridized carbons (Fsp3) is 1.00. The first kappa shape index (κ1) is 13.6. The van der Waals surface area contributed by atoms with Gasteiger partial charge in [-0.1, -0.05) is 13.8 Å². The first-order valence-electron chi connectivity index (χ1n) is 6.35. The zero-order chi connectivity index (χ0) is 12.5. The largest absolute Gasteiger partial charge is 0.317 e. The van der Waals surface area contributed by atoms with Gasteiger partial charge in [-0.3, -0.25) is 0 Å². The summed E-state index contributed by atoms with van der Waals surface area (Å²) in [5.74, 6) is 0. The quantitative estimate of drug-likeness (QED) is 0.815. The highest BCUT2D eigenvalue weighted by Crippen LogP contribution is 2.29.